The summed E-state index contributed by atoms with van der Waals surface area (Å²) in [5.41, 5.74) is 0.387. The first-order valence-electron chi connectivity index (χ1n) is 4.30. The summed E-state index contributed by atoms with van der Waals surface area (Å²) in [6.07, 6.45) is 5.71. The van der Waals surface area contributed by atoms with E-state index in [4.69, 9.17) is 6.42 Å². The number of hydrogen-bond acceptors (Lipinski definition) is 3. The van der Waals surface area contributed by atoms with Crippen molar-refractivity contribution in [2.24, 2.45) is 7.05 Å². The van der Waals surface area contributed by atoms with Crippen LogP contribution in [0.1, 0.15) is 11.9 Å². The Balaban J connectivity index is 2.63. The number of amides is 2. The van der Waals surface area contributed by atoms with Gasteiger partial charge < -0.3 is 9.67 Å². The van der Waals surface area contributed by atoms with Gasteiger partial charge in [-0.05, 0) is 0 Å². The summed E-state index contributed by atoms with van der Waals surface area (Å²) in [6, 6.07) is 1.81. The van der Waals surface area contributed by atoms with Gasteiger partial charge in [-0.3, -0.25) is 4.90 Å². The van der Waals surface area contributed by atoms with Gasteiger partial charge in [-0.2, -0.15) is 0 Å². The molecule has 0 fully saturated rings. The van der Waals surface area contributed by atoms with Crippen LogP contribution in [0.5, 0.6) is 0 Å². The number of aliphatic hydroxyl groups is 1. The Morgan fingerprint density at radius 1 is 1.60 bits per heavy atom. The highest BCUT2D eigenvalue weighted by molar-refractivity contribution is 5.96. The van der Waals surface area contributed by atoms with Crippen molar-refractivity contribution >= 4 is 11.8 Å². The number of aromatic nitrogens is 2. The molecule has 1 aliphatic rings. The largest absolute Gasteiger partial charge is 0.368 e. The first-order chi connectivity index (χ1) is 7.07. The van der Waals surface area contributed by atoms with Crippen molar-refractivity contribution in [1.29, 1.82) is 0 Å². The molecule has 78 valence electrons. The standard InChI is InChI=1S/C9H10N4O2/c1-4-13-7-6(10-5-11(7)2)8(14)12(3)9(13)15/h1,5,8,14H,2-3H3. The Labute approximate surface area is 86.7 Å². The normalized spacial score (nSPS) is 20.1. The third-order valence-corrected chi connectivity index (χ3v) is 2.38. The SMILES string of the molecule is C#CN1C(=O)N(C)C(O)c2ncn(C)c21. The number of aryl methyl sites for hydroxylation is 1. The third-order valence-electron chi connectivity index (χ3n) is 2.38. The smallest absolute Gasteiger partial charge is 0.339 e. The Kier molecular flexibility index (Phi) is 1.91. The van der Waals surface area contributed by atoms with E-state index in [0.29, 0.717) is 11.5 Å². The van der Waals surface area contributed by atoms with E-state index in [-0.39, 0.29) is 0 Å². The lowest BCUT2D eigenvalue weighted by Crippen LogP contribution is -2.46. The van der Waals surface area contributed by atoms with Gasteiger partial charge in [0, 0.05) is 20.1 Å². The van der Waals surface area contributed by atoms with Gasteiger partial charge in [0.25, 0.3) is 0 Å². The fourth-order valence-electron chi connectivity index (χ4n) is 1.55. The molecule has 1 N–H and O–H groups in total. The quantitative estimate of drug-likeness (QED) is 0.602. The Bertz CT molecular complexity index is 459. The number of carbonyl (C=O) groups is 1. The molecule has 1 aliphatic heterocycles. The second-order valence-corrected chi connectivity index (χ2v) is 3.30. The lowest BCUT2D eigenvalue weighted by Gasteiger charge is -2.32. The number of hydrogen-bond donors (Lipinski definition) is 1. The van der Waals surface area contributed by atoms with E-state index in [1.807, 2.05) is 0 Å². The van der Waals surface area contributed by atoms with Crippen molar-refractivity contribution in [3.63, 3.8) is 0 Å². The topological polar surface area (TPSA) is 61.6 Å². The maximum atomic E-state index is 11.7. The number of nitrogens with zero attached hydrogens (tertiary/aromatic N) is 4. The van der Waals surface area contributed by atoms with Crippen LogP contribution in [0.25, 0.3) is 0 Å². The summed E-state index contributed by atoms with van der Waals surface area (Å²) in [5.74, 6) is 0.438. The van der Waals surface area contributed by atoms with Gasteiger partial charge in [-0.25, -0.2) is 14.7 Å². The molecule has 2 amide bonds. The summed E-state index contributed by atoms with van der Waals surface area (Å²) in [5, 5.41) is 9.76. The van der Waals surface area contributed by atoms with Gasteiger partial charge in [-0.15, -0.1) is 0 Å². The summed E-state index contributed by atoms with van der Waals surface area (Å²) in [4.78, 5) is 17.9. The van der Waals surface area contributed by atoms with Crippen molar-refractivity contribution in [1.82, 2.24) is 14.5 Å². The summed E-state index contributed by atoms with van der Waals surface area (Å²) in [7, 11) is 3.18. The Morgan fingerprint density at radius 3 is 2.87 bits per heavy atom. The molecule has 0 radical (unpaired) electrons. The second kappa shape index (κ2) is 3.00. The maximum Gasteiger partial charge on any atom is 0.339 e. The monoisotopic (exact) mass is 206 g/mol. The first kappa shape index (κ1) is 9.55. The predicted octanol–water partition coefficient (Wildman–Crippen LogP) is -0.127. The third kappa shape index (κ3) is 1.10. The van der Waals surface area contributed by atoms with E-state index < -0.39 is 12.3 Å². The van der Waals surface area contributed by atoms with Gasteiger partial charge in [0.05, 0.1) is 6.33 Å². The number of fused-ring (bicyclic) bond motifs is 1. The molecule has 2 rings (SSSR count). The van der Waals surface area contributed by atoms with Crippen molar-refractivity contribution in [3.8, 4) is 12.5 Å². The molecule has 6 nitrogen and oxygen atoms in total. The Morgan fingerprint density at radius 2 is 2.27 bits per heavy atom. The molecule has 15 heavy (non-hydrogen) atoms. The van der Waals surface area contributed by atoms with E-state index in [0.717, 1.165) is 9.80 Å². The molecular weight excluding hydrogens is 196 g/mol. The highest BCUT2D eigenvalue weighted by Gasteiger charge is 2.37. The van der Waals surface area contributed by atoms with Crippen LogP contribution in [-0.4, -0.2) is 32.6 Å². The minimum Gasteiger partial charge on any atom is -0.368 e. The molecule has 0 saturated heterocycles. The van der Waals surface area contributed by atoms with Crippen LogP contribution in [0.3, 0.4) is 0 Å². The molecule has 0 spiro atoms. The molecule has 0 aromatic carbocycles. The van der Waals surface area contributed by atoms with Crippen LogP contribution in [0.15, 0.2) is 6.33 Å². The Hall–Kier alpha value is -2.00. The van der Waals surface area contributed by atoms with Crippen LogP contribution in [0.2, 0.25) is 0 Å². The van der Waals surface area contributed by atoms with Gasteiger partial charge in [0.1, 0.15) is 5.69 Å². The van der Waals surface area contributed by atoms with E-state index in [1.54, 1.807) is 11.6 Å². The van der Waals surface area contributed by atoms with Crippen LogP contribution in [0, 0.1) is 12.5 Å². The zero-order valence-corrected chi connectivity index (χ0v) is 8.38. The molecular formula is C9H10N4O2. The minimum atomic E-state index is -1.04. The molecule has 1 aromatic rings. The second-order valence-electron chi connectivity index (χ2n) is 3.30. The fraction of sp³-hybridized carbons (Fsp3) is 0.333. The van der Waals surface area contributed by atoms with Crippen molar-refractivity contribution in [3.05, 3.63) is 12.0 Å². The van der Waals surface area contributed by atoms with Gasteiger partial charge >= 0.3 is 6.03 Å². The van der Waals surface area contributed by atoms with Crippen LogP contribution >= 0.6 is 0 Å². The molecule has 2 heterocycles. The van der Waals surface area contributed by atoms with Crippen LogP contribution in [0.4, 0.5) is 10.6 Å². The predicted molar refractivity (Wildman–Crippen MR) is 52.6 cm³/mol. The van der Waals surface area contributed by atoms with E-state index in [1.165, 1.54) is 13.4 Å². The number of urea groups is 1. The molecule has 0 aliphatic carbocycles. The van der Waals surface area contributed by atoms with E-state index in [9.17, 15) is 9.90 Å². The molecule has 6 heteroatoms. The molecule has 0 saturated carbocycles. The number of anilines is 1. The van der Waals surface area contributed by atoms with Gasteiger partial charge in [-0.1, -0.05) is 6.42 Å². The first-order valence-corrected chi connectivity index (χ1v) is 4.30. The minimum absolute atomic E-state index is 0.387. The average molecular weight is 206 g/mol. The molecule has 0 bridgehead atoms. The highest BCUT2D eigenvalue weighted by atomic mass is 16.3. The lowest BCUT2D eigenvalue weighted by atomic mass is 10.3. The molecule has 1 aromatic heterocycles. The summed E-state index contributed by atoms with van der Waals surface area (Å²) in [6.45, 7) is 0. The summed E-state index contributed by atoms with van der Waals surface area (Å²) >= 11 is 0. The molecule has 1 unspecified atom stereocenters. The maximum absolute atomic E-state index is 11.7. The number of rotatable bonds is 0. The highest BCUT2D eigenvalue weighted by Crippen LogP contribution is 2.32. The van der Waals surface area contributed by atoms with E-state index in [2.05, 4.69) is 11.0 Å². The summed E-state index contributed by atoms with van der Waals surface area (Å²) < 4.78 is 1.60. The number of imidazole rings is 1. The van der Waals surface area contributed by atoms with Crippen molar-refractivity contribution in [2.45, 2.75) is 6.23 Å². The lowest BCUT2D eigenvalue weighted by molar-refractivity contribution is 0.0416. The zero-order chi connectivity index (χ0) is 11.2. The van der Waals surface area contributed by atoms with Crippen molar-refractivity contribution < 1.29 is 9.90 Å². The average Bonchev–Trinajstić information content (AvgIpc) is 2.59. The van der Waals surface area contributed by atoms with E-state index >= 15 is 0 Å². The molecule has 1 atom stereocenters. The zero-order valence-electron chi connectivity index (χ0n) is 8.38. The van der Waals surface area contributed by atoms with Crippen LogP contribution < -0.4 is 4.90 Å². The number of carbonyl (C=O) groups excluding carboxylic acids is 1. The number of terminal acetylenes is 1. The van der Waals surface area contributed by atoms with Crippen molar-refractivity contribution in [2.75, 3.05) is 11.9 Å². The van der Waals surface area contributed by atoms with Crippen LogP contribution in [-0.2, 0) is 7.05 Å². The fourth-order valence-corrected chi connectivity index (χ4v) is 1.55. The van der Waals surface area contributed by atoms with Gasteiger partial charge in [0.2, 0.25) is 0 Å². The number of aliphatic hydroxyl groups excluding tert-OH is 1. The van der Waals surface area contributed by atoms with Gasteiger partial charge in [0.15, 0.2) is 12.0 Å².